The number of aryl methyl sites for hydroxylation is 1. The maximum atomic E-state index is 12.7. The molecule has 0 fully saturated rings. The summed E-state index contributed by atoms with van der Waals surface area (Å²) in [7, 11) is 3.39. The molecule has 2 amide bonds. The van der Waals surface area contributed by atoms with Crippen molar-refractivity contribution in [2.75, 3.05) is 45.7 Å². The third-order valence-corrected chi connectivity index (χ3v) is 4.86. The highest BCUT2D eigenvalue weighted by molar-refractivity contribution is 7.09. The van der Waals surface area contributed by atoms with Gasteiger partial charge < -0.3 is 15.0 Å². The van der Waals surface area contributed by atoms with Crippen LogP contribution in [-0.2, 0) is 20.9 Å². The fourth-order valence-corrected chi connectivity index (χ4v) is 3.27. The van der Waals surface area contributed by atoms with Crippen molar-refractivity contribution in [2.24, 2.45) is 0 Å². The molecule has 2 aromatic rings. The average Bonchev–Trinajstić information content (AvgIpc) is 3.13. The molecule has 2 rings (SSSR count). The van der Waals surface area contributed by atoms with E-state index in [1.807, 2.05) is 48.7 Å². The fourth-order valence-electron chi connectivity index (χ4n) is 2.55. The van der Waals surface area contributed by atoms with Gasteiger partial charge in [-0.05, 0) is 37.6 Å². The molecule has 0 saturated heterocycles. The van der Waals surface area contributed by atoms with Gasteiger partial charge in [-0.3, -0.25) is 14.5 Å². The van der Waals surface area contributed by atoms with Gasteiger partial charge in [0.15, 0.2) is 0 Å². The molecule has 6 nitrogen and oxygen atoms in total. The molecule has 0 aliphatic rings. The molecule has 1 heterocycles. The molecule has 0 atom stereocenters. The number of nitrogens with one attached hydrogen (secondary N) is 1. The Kier molecular flexibility index (Phi) is 8.44. The summed E-state index contributed by atoms with van der Waals surface area (Å²) in [5.74, 6) is -0.165. The lowest BCUT2D eigenvalue weighted by Gasteiger charge is -2.24. The normalized spacial score (nSPS) is 10.8. The van der Waals surface area contributed by atoms with Gasteiger partial charge in [0.2, 0.25) is 11.8 Å². The topological polar surface area (TPSA) is 61.9 Å². The van der Waals surface area contributed by atoms with Crippen molar-refractivity contribution >= 4 is 28.8 Å². The summed E-state index contributed by atoms with van der Waals surface area (Å²) in [6.07, 6.45) is 0. The van der Waals surface area contributed by atoms with Crippen LogP contribution in [0.25, 0.3) is 0 Å². The summed E-state index contributed by atoms with van der Waals surface area (Å²) in [6.45, 7) is 3.89. The summed E-state index contributed by atoms with van der Waals surface area (Å²) in [5, 5.41) is 4.85. The SMILES string of the molecule is COCCN(Cc1cccs1)C(=O)CN(C)CC(=O)Nc1ccc(C)cc1. The highest BCUT2D eigenvalue weighted by atomic mass is 32.1. The molecular formula is C20H27N3O3S. The first-order valence-corrected chi connectivity index (χ1v) is 9.70. The number of carbonyl (C=O) groups excluding carboxylic acids is 2. The van der Waals surface area contributed by atoms with E-state index >= 15 is 0 Å². The smallest absolute Gasteiger partial charge is 0.238 e. The Morgan fingerprint density at radius 3 is 2.52 bits per heavy atom. The zero-order valence-electron chi connectivity index (χ0n) is 16.1. The van der Waals surface area contributed by atoms with Crippen LogP contribution in [0.3, 0.4) is 0 Å². The van der Waals surface area contributed by atoms with Gasteiger partial charge in [-0.15, -0.1) is 11.3 Å². The largest absolute Gasteiger partial charge is 0.383 e. The van der Waals surface area contributed by atoms with Crippen LogP contribution < -0.4 is 5.32 Å². The number of thiophene rings is 1. The molecule has 1 N–H and O–H groups in total. The van der Waals surface area contributed by atoms with E-state index in [1.165, 1.54) is 0 Å². The number of carbonyl (C=O) groups is 2. The highest BCUT2D eigenvalue weighted by Crippen LogP contribution is 2.12. The van der Waals surface area contributed by atoms with E-state index < -0.39 is 0 Å². The standard InChI is InChI=1S/C20H27N3O3S/c1-16-6-8-17(9-7-16)21-19(24)14-22(2)15-20(25)23(10-11-26-3)13-18-5-4-12-27-18/h4-9,12H,10-11,13-15H2,1-3H3,(H,21,24). The minimum Gasteiger partial charge on any atom is -0.383 e. The maximum Gasteiger partial charge on any atom is 0.238 e. The van der Waals surface area contributed by atoms with Crippen molar-refractivity contribution in [2.45, 2.75) is 13.5 Å². The molecule has 0 radical (unpaired) electrons. The Labute approximate surface area is 164 Å². The van der Waals surface area contributed by atoms with E-state index in [4.69, 9.17) is 4.74 Å². The number of rotatable bonds is 10. The molecule has 1 aromatic carbocycles. The van der Waals surface area contributed by atoms with Gasteiger partial charge in [0, 0.05) is 24.2 Å². The number of amides is 2. The fraction of sp³-hybridized carbons (Fsp3) is 0.400. The first kappa shape index (κ1) is 21.1. The van der Waals surface area contributed by atoms with E-state index in [1.54, 1.807) is 35.3 Å². The van der Waals surface area contributed by atoms with Gasteiger partial charge >= 0.3 is 0 Å². The molecule has 0 saturated carbocycles. The Morgan fingerprint density at radius 2 is 1.89 bits per heavy atom. The van der Waals surface area contributed by atoms with Crippen molar-refractivity contribution in [3.05, 3.63) is 52.2 Å². The second-order valence-electron chi connectivity index (χ2n) is 6.47. The number of nitrogens with zero attached hydrogens (tertiary/aromatic N) is 2. The zero-order chi connectivity index (χ0) is 19.6. The van der Waals surface area contributed by atoms with Crippen LogP contribution in [0.5, 0.6) is 0 Å². The van der Waals surface area contributed by atoms with E-state index in [-0.39, 0.29) is 24.9 Å². The number of anilines is 1. The third kappa shape index (κ3) is 7.50. The van der Waals surface area contributed by atoms with Crippen LogP contribution in [0.4, 0.5) is 5.69 Å². The second kappa shape index (κ2) is 10.8. The van der Waals surface area contributed by atoms with Crippen molar-refractivity contribution in [3.63, 3.8) is 0 Å². The predicted molar refractivity (Wildman–Crippen MR) is 109 cm³/mol. The monoisotopic (exact) mass is 389 g/mol. The quantitative estimate of drug-likeness (QED) is 0.679. The zero-order valence-corrected chi connectivity index (χ0v) is 16.9. The molecule has 0 unspecified atom stereocenters. The first-order valence-electron chi connectivity index (χ1n) is 8.82. The molecule has 0 aliphatic heterocycles. The summed E-state index contributed by atoms with van der Waals surface area (Å²) in [6, 6.07) is 11.6. The van der Waals surface area contributed by atoms with E-state index in [0.717, 1.165) is 16.1 Å². The lowest BCUT2D eigenvalue weighted by molar-refractivity contribution is -0.133. The van der Waals surface area contributed by atoms with Gasteiger partial charge in [0.1, 0.15) is 0 Å². The lowest BCUT2D eigenvalue weighted by Crippen LogP contribution is -2.42. The van der Waals surface area contributed by atoms with E-state index in [0.29, 0.717) is 19.7 Å². The highest BCUT2D eigenvalue weighted by Gasteiger charge is 2.18. The number of likely N-dealkylation sites (N-methyl/N-ethyl adjacent to an activating group) is 1. The molecule has 1 aromatic heterocycles. The number of methoxy groups -OCH3 is 1. The summed E-state index contributed by atoms with van der Waals surface area (Å²) in [4.78, 5) is 29.5. The minimum atomic E-state index is -0.143. The van der Waals surface area contributed by atoms with Crippen molar-refractivity contribution in [1.82, 2.24) is 9.80 Å². The summed E-state index contributed by atoms with van der Waals surface area (Å²) >= 11 is 1.62. The Bertz CT molecular complexity index is 717. The number of hydrogen-bond acceptors (Lipinski definition) is 5. The Hall–Kier alpha value is -2.22. The molecule has 7 heteroatoms. The molecule has 146 valence electrons. The van der Waals surface area contributed by atoms with Crippen molar-refractivity contribution in [3.8, 4) is 0 Å². The third-order valence-electron chi connectivity index (χ3n) is 4.00. The van der Waals surface area contributed by atoms with Gasteiger partial charge in [-0.2, -0.15) is 0 Å². The molecule has 0 bridgehead atoms. The van der Waals surface area contributed by atoms with Gasteiger partial charge in [-0.1, -0.05) is 23.8 Å². The first-order chi connectivity index (χ1) is 13.0. The van der Waals surface area contributed by atoms with Crippen LogP contribution in [0.2, 0.25) is 0 Å². The maximum absolute atomic E-state index is 12.7. The van der Waals surface area contributed by atoms with Crippen molar-refractivity contribution in [1.29, 1.82) is 0 Å². The van der Waals surface area contributed by atoms with Crippen molar-refractivity contribution < 1.29 is 14.3 Å². The van der Waals surface area contributed by atoms with Crippen LogP contribution in [0, 0.1) is 6.92 Å². The van der Waals surface area contributed by atoms with E-state index in [9.17, 15) is 9.59 Å². The molecule has 0 aliphatic carbocycles. The summed E-state index contributed by atoms with van der Waals surface area (Å²) < 4.78 is 5.12. The van der Waals surface area contributed by atoms with Crippen LogP contribution in [-0.4, -0.2) is 62.0 Å². The molecule has 0 spiro atoms. The lowest BCUT2D eigenvalue weighted by atomic mass is 10.2. The molecule has 27 heavy (non-hydrogen) atoms. The Balaban J connectivity index is 1.85. The summed E-state index contributed by atoms with van der Waals surface area (Å²) in [5.41, 5.74) is 1.89. The van der Waals surface area contributed by atoms with Crippen LogP contribution in [0.15, 0.2) is 41.8 Å². The Morgan fingerprint density at radius 1 is 1.15 bits per heavy atom. The van der Waals surface area contributed by atoms with Gasteiger partial charge in [-0.25, -0.2) is 0 Å². The minimum absolute atomic E-state index is 0.0221. The number of ether oxygens (including phenoxy) is 1. The number of benzene rings is 1. The van der Waals surface area contributed by atoms with Crippen LogP contribution >= 0.6 is 11.3 Å². The van der Waals surface area contributed by atoms with Crippen LogP contribution in [0.1, 0.15) is 10.4 Å². The average molecular weight is 390 g/mol. The van der Waals surface area contributed by atoms with Gasteiger partial charge in [0.25, 0.3) is 0 Å². The molecular weight excluding hydrogens is 362 g/mol. The second-order valence-corrected chi connectivity index (χ2v) is 7.51. The van der Waals surface area contributed by atoms with E-state index in [2.05, 4.69) is 5.32 Å². The van der Waals surface area contributed by atoms with Gasteiger partial charge in [0.05, 0.1) is 26.2 Å². The number of hydrogen-bond donors (Lipinski definition) is 1. The predicted octanol–water partition coefficient (Wildman–Crippen LogP) is 2.60.